The van der Waals surface area contributed by atoms with Crippen molar-refractivity contribution in [3.8, 4) is 0 Å². The predicted molar refractivity (Wildman–Crippen MR) is 65.6 cm³/mol. The molecule has 1 amide bonds. The molecule has 1 aliphatic heterocycles. The monoisotopic (exact) mass is 263 g/mol. The van der Waals surface area contributed by atoms with Gasteiger partial charge in [0.25, 0.3) is 10.2 Å². The fourth-order valence-corrected chi connectivity index (χ4v) is 2.68. The third-order valence-electron chi connectivity index (χ3n) is 2.97. The average Bonchev–Trinajstić information content (AvgIpc) is 2.78. The van der Waals surface area contributed by atoms with E-state index in [9.17, 15) is 13.2 Å². The van der Waals surface area contributed by atoms with Crippen molar-refractivity contribution < 1.29 is 13.2 Å². The molecule has 1 saturated heterocycles. The van der Waals surface area contributed by atoms with Crippen LogP contribution >= 0.6 is 0 Å². The van der Waals surface area contributed by atoms with Crippen molar-refractivity contribution in [1.82, 2.24) is 13.9 Å². The highest BCUT2D eigenvalue weighted by atomic mass is 32.2. The van der Waals surface area contributed by atoms with Crippen LogP contribution in [0.4, 0.5) is 0 Å². The lowest BCUT2D eigenvalue weighted by Crippen LogP contribution is -2.46. The number of carbonyl (C=O) groups is 1. The minimum absolute atomic E-state index is 0.130. The minimum Gasteiger partial charge on any atom is -0.342 e. The topological polar surface area (TPSA) is 69.7 Å². The third kappa shape index (κ3) is 3.93. The van der Waals surface area contributed by atoms with Gasteiger partial charge in [-0.3, -0.25) is 4.79 Å². The molecular formula is C10H21N3O3S. The highest BCUT2D eigenvalue weighted by Gasteiger charge is 2.23. The van der Waals surface area contributed by atoms with Crippen LogP contribution in [0.25, 0.3) is 0 Å². The molecule has 0 spiro atoms. The van der Waals surface area contributed by atoms with Crippen molar-refractivity contribution >= 4 is 16.1 Å². The lowest BCUT2D eigenvalue weighted by atomic mass is 10.4. The van der Waals surface area contributed by atoms with Gasteiger partial charge in [0.05, 0.1) is 6.54 Å². The van der Waals surface area contributed by atoms with Crippen molar-refractivity contribution in [3.05, 3.63) is 0 Å². The first kappa shape index (κ1) is 14.4. The molecule has 0 aliphatic carbocycles. The molecule has 0 aromatic heterocycles. The Balaban J connectivity index is 2.46. The largest absolute Gasteiger partial charge is 0.342 e. The summed E-state index contributed by atoms with van der Waals surface area (Å²) in [6.45, 7) is 4.88. The molecule has 1 fully saturated rings. The fraction of sp³-hybridized carbons (Fsp3) is 0.900. The molecule has 1 heterocycles. The van der Waals surface area contributed by atoms with Crippen molar-refractivity contribution in [2.45, 2.75) is 32.7 Å². The molecule has 0 saturated carbocycles. The van der Waals surface area contributed by atoms with Crippen molar-refractivity contribution in [2.75, 3.05) is 26.7 Å². The molecule has 1 aliphatic rings. The molecule has 6 nitrogen and oxygen atoms in total. The normalized spacial score (nSPS) is 17.1. The fourth-order valence-electron chi connectivity index (χ4n) is 1.61. The van der Waals surface area contributed by atoms with E-state index in [2.05, 4.69) is 4.72 Å². The molecule has 100 valence electrons. The number of amides is 1. The Morgan fingerprint density at radius 2 is 1.88 bits per heavy atom. The standard InChI is InChI=1S/C10H21N3O3S/c1-9(2)12(3)17(15,16)11-8-10(14)13-6-4-5-7-13/h9,11H,4-8H2,1-3H3. The molecule has 1 N–H and O–H groups in total. The first-order valence-corrected chi connectivity index (χ1v) is 7.29. The summed E-state index contributed by atoms with van der Waals surface area (Å²) >= 11 is 0. The van der Waals surface area contributed by atoms with Crippen LogP contribution in [0.15, 0.2) is 0 Å². The average molecular weight is 263 g/mol. The number of nitrogens with zero attached hydrogens (tertiary/aromatic N) is 2. The number of hydrogen-bond donors (Lipinski definition) is 1. The van der Waals surface area contributed by atoms with Crippen molar-refractivity contribution in [2.24, 2.45) is 0 Å². The molecule has 0 aromatic rings. The van der Waals surface area contributed by atoms with Gasteiger partial charge in [0.2, 0.25) is 5.91 Å². The van der Waals surface area contributed by atoms with Gasteiger partial charge in [0.15, 0.2) is 0 Å². The molecule has 0 atom stereocenters. The number of likely N-dealkylation sites (tertiary alicyclic amines) is 1. The van der Waals surface area contributed by atoms with E-state index in [4.69, 9.17) is 0 Å². The van der Waals surface area contributed by atoms with E-state index in [1.165, 1.54) is 11.4 Å². The summed E-state index contributed by atoms with van der Waals surface area (Å²) in [6.07, 6.45) is 2.01. The van der Waals surface area contributed by atoms with E-state index in [1.807, 2.05) is 0 Å². The molecule has 0 unspecified atom stereocenters. The van der Waals surface area contributed by atoms with Crippen LogP contribution < -0.4 is 4.72 Å². The smallest absolute Gasteiger partial charge is 0.279 e. The van der Waals surface area contributed by atoms with Gasteiger partial charge in [-0.15, -0.1) is 0 Å². The van der Waals surface area contributed by atoms with Gasteiger partial charge < -0.3 is 4.90 Å². The van der Waals surface area contributed by atoms with Gasteiger partial charge in [-0.1, -0.05) is 0 Å². The zero-order chi connectivity index (χ0) is 13.1. The second kappa shape index (κ2) is 5.79. The van der Waals surface area contributed by atoms with Gasteiger partial charge in [-0.25, -0.2) is 0 Å². The molecule has 0 aromatic carbocycles. The van der Waals surface area contributed by atoms with Crippen molar-refractivity contribution in [1.29, 1.82) is 0 Å². The number of rotatable bonds is 5. The van der Waals surface area contributed by atoms with E-state index >= 15 is 0 Å². The van der Waals surface area contributed by atoms with Crippen LogP contribution in [-0.2, 0) is 15.0 Å². The zero-order valence-corrected chi connectivity index (χ0v) is 11.5. The van der Waals surface area contributed by atoms with Gasteiger partial charge in [-0.2, -0.15) is 17.4 Å². The third-order valence-corrected chi connectivity index (χ3v) is 4.66. The summed E-state index contributed by atoms with van der Waals surface area (Å²) in [5, 5.41) is 0. The maximum atomic E-state index is 11.7. The van der Waals surface area contributed by atoms with Gasteiger partial charge in [0, 0.05) is 26.2 Å². The predicted octanol–water partition coefficient (Wildman–Crippen LogP) is -0.217. The lowest BCUT2D eigenvalue weighted by Gasteiger charge is -2.22. The number of hydrogen-bond acceptors (Lipinski definition) is 3. The zero-order valence-electron chi connectivity index (χ0n) is 10.6. The van der Waals surface area contributed by atoms with Crippen LogP contribution in [0, 0.1) is 0 Å². The highest BCUT2D eigenvalue weighted by Crippen LogP contribution is 2.07. The van der Waals surface area contributed by atoms with E-state index in [1.54, 1.807) is 18.7 Å². The molecule has 1 rings (SSSR count). The minimum atomic E-state index is -3.55. The van der Waals surface area contributed by atoms with Crippen LogP contribution in [0.2, 0.25) is 0 Å². The van der Waals surface area contributed by atoms with E-state index in [0.717, 1.165) is 25.9 Å². The number of carbonyl (C=O) groups excluding carboxylic acids is 1. The molecule has 0 radical (unpaired) electrons. The Bertz CT molecular complexity index is 361. The van der Waals surface area contributed by atoms with Gasteiger partial charge in [-0.05, 0) is 26.7 Å². The van der Waals surface area contributed by atoms with E-state index in [-0.39, 0.29) is 18.5 Å². The lowest BCUT2D eigenvalue weighted by molar-refractivity contribution is -0.128. The van der Waals surface area contributed by atoms with E-state index in [0.29, 0.717) is 0 Å². The quantitative estimate of drug-likeness (QED) is 0.746. The second-order valence-electron chi connectivity index (χ2n) is 4.52. The maximum Gasteiger partial charge on any atom is 0.279 e. The van der Waals surface area contributed by atoms with Gasteiger partial charge >= 0.3 is 0 Å². The Morgan fingerprint density at radius 1 is 1.35 bits per heavy atom. The van der Waals surface area contributed by atoms with Gasteiger partial charge in [0.1, 0.15) is 0 Å². The first-order valence-electron chi connectivity index (χ1n) is 5.85. The number of nitrogens with one attached hydrogen (secondary N) is 1. The summed E-state index contributed by atoms with van der Waals surface area (Å²) in [5.74, 6) is -0.150. The molecule has 7 heteroatoms. The second-order valence-corrected chi connectivity index (χ2v) is 6.34. The van der Waals surface area contributed by atoms with Crippen LogP contribution in [0.1, 0.15) is 26.7 Å². The summed E-state index contributed by atoms with van der Waals surface area (Å²) < 4.78 is 27.0. The van der Waals surface area contributed by atoms with Crippen LogP contribution in [-0.4, -0.2) is 56.3 Å². The SMILES string of the molecule is CC(C)N(C)S(=O)(=O)NCC(=O)N1CCCC1. The van der Waals surface area contributed by atoms with E-state index < -0.39 is 10.2 Å². The summed E-state index contributed by atoms with van der Waals surface area (Å²) in [6, 6.07) is -0.130. The van der Waals surface area contributed by atoms with Crippen LogP contribution in [0.3, 0.4) is 0 Å². The Labute approximate surface area is 103 Å². The summed E-state index contributed by atoms with van der Waals surface area (Å²) in [4.78, 5) is 13.4. The highest BCUT2D eigenvalue weighted by molar-refractivity contribution is 7.87. The molecule has 0 bridgehead atoms. The first-order chi connectivity index (χ1) is 7.84. The summed E-state index contributed by atoms with van der Waals surface area (Å²) in [7, 11) is -2.05. The van der Waals surface area contributed by atoms with Crippen molar-refractivity contribution in [3.63, 3.8) is 0 Å². The molecule has 17 heavy (non-hydrogen) atoms. The van der Waals surface area contributed by atoms with Crippen LogP contribution in [0.5, 0.6) is 0 Å². The maximum absolute atomic E-state index is 11.7. The summed E-state index contributed by atoms with van der Waals surface area (Å²) in [5.41, 5.74) is 0. The Morgan fingerprint density at radius 3 is 2.35 bits per heavy atom. The molecular weight excluding hydrogens is 242 g/mol. The Hall–Kier alpha value is -0.660. The Kier molecular flexibility index (Phi) is 4.91.